The molecule has 3 aromatic rings. The molecule has 1 aromatic carbocycles. The van der Waals surface area contributed by atoms with Crippen molar-refractivity contribution in [1.82, 2.24) is 19.7 Å². The summed E-state index contributed by atoms with van der Waals surface area (Å²) in [5, 5.41) is 5.53. The molecule has 0 saturated heterocycles. The number of hydrogen-bond acceptors (Lipinski definition) is 5. The molecule has 6 nitrogen and oxygen atoms in total. The van der Waals surface area contributed by atoms with E-state index < -0.39 is 5.97 Å². The summed E-state index contributed by atoms with van der Waals surface area (Å²) in [5.74, 6) is -0.483. The highest BCUT2D eigenvalue weighted by atomic mass is 16.5. The maximum Gasteiger partial charge on any atom is 0.376 e. The number of rotatable bonds is 4. The van der Waals surface area contributed by atoms with Crippen LogP contribution in [0.4, 0.5) is 0 Å². The van der Waals surface area contributed by atoms with Crippen LogP contribution < -0.4 is 0 Å². The molecule has 0 amide bonds. The van der Waals surface area contributed by atoms with E-state index in [1.807, 2.05) is 35.0 Å². The Morgan fingerprint density at radius 3 is 2.81 bits per heavy atom. The van der Waals surface area contributed by atoms with Gasteiger partial charge in [0.25, 0.3) is 0 Å². The van der Waals surface area contributed by atoms with Gasteiger partial charge in [-0.2, -0.15) is 0 Å². The number of aromatic nitrogens is 4. The third-order valence-electron chi connectivity index (χ3n) is 4.48. The Morgan fingerprint density at radius 1 is 1.23 bits per heavy atom. The first-order valence-electron chi connectivity index (χ1n) is 8.95. The maximum absolute atomic E-state index is 12.0. The van der Waals surface area contributed by atoms with E-state index >= 15 is 0 Å². The third-order valence-corrected chi connectivity index (χ3v) is 4.48. The van der Waals surface area contributed by atoms with Crippen LogP contribution in [0.2, 0.25) is 0 Å². The van der Waals surface area contributed by atoms with Crippen LogP contribution in [-0.2, 0) is 4.74 Å². The van der Waals surface area contributed by atoms with Crippen molar-refractivity contribution in [3.8, 4) is 5.69 Å². The summed E-state index contributed by atoms with van der Waals surface area (Å²) in [6.07, 6.45) is 8.41. The van der Waals surface area contributed by atoms with Crippen molar-refractivity contribution >= 4 is 22.6 Å². The molecule has 0 aliphatic heterocycles. The molecule has 0 N–H and O–H groups in total. The molecule has 0 bridgehead atoms. The smallest absolute Gasteiger partial charge is 0.376 e. The lowest BCUT2D eigenvalue weighted by Crippen LogP contribution is -2.09. The first kappa shape index (κ1) is 16.4. The van der Waals surface area contributed by atoms with Crippen LogP contribution in [0, 0.1) is 0 Å². The molecule has 1 aliphatic carbocycles. The summed E-state index contributed by atoms with van der Waals surface area (Å²) in [6.45, 7) is 2.05. The summed E-state index contributed by atoms with van der Waals surface area (Å²) in [6, 6.07) is 9.97. The van der Waals surface area contributed by atoms with Crippen molar-refractivity contribution in [3.63, 3.8) is 0 Å². The van der Waals surface area contributed by atoms with Crippen molar-refractivity contribution in [2.24, 2.45) is 0 Å². The molecule has 0 unspecified atom stereocenters. The second-order valence-electron chi connectivity index (χ2n) is 6.22. The third kappa shape index (κ3) is 2.98. The molecule has 0 atom stereocenters. The first-order chi connectivity index (χ1) is 12.8. The number of ether oxygens (including phenoxy) is 1. The minimum absolute atomic E-state index is 0.0428. The van der Waals surface area contributed by atoms with E-state index in [0.29, 0.717) is 5.65 Å². The monoisotopic (exact) mass is 348 g/mol. The van der Waals surface area contributed by atoms with Crippen molar-refractivity contribution < 1.29 is 9.53 Å². The van der Waals surface area contributed by atoms with Gasteiger partial charge in [0.2, 0.25) is 5.82 Å². The van der Waals surface area contributed by atoms with Crippen LogP contribution in [0.1, 0.15) is 48.9 Å². The van der Waals surface area contributed by atoms with Gasteiger partial charge in [0, 0.05) is 6.20 Å². The average Bonchev–Trinajstić information content (AvgIpc) is 3.08. The Balaban J connectivity index is 1.90. The van der Waals surface area contributed by atoms with Crippen LogP contribution in [-0.4, -0.2) is 32.3 Å². The Bertz CT molecular complexity index is 976. The molecule has 0 radical (unpaired) electrons. The fraction of sp³-hybridized carbons (Fsp3) is 0.300. The minimum atomic E-state index is -0.526. The van der Waals surface area contributed by atoms with Gasteiger partial charge in [-0.3, -0.25) is 0 Å². The molecule has 6 heteroatoms. The van der Waals surface area contributed by atoms with Gasteiger partial charge in [0.1, 0.15) is 0 Å². The van der Waals surface area contributed by atoms with E-state index in [9.17, 15) is 4.79 Å². The number of para-hydroxylation sites is 1. The standard InChI is InChI=1S/C20H20N4O2/c1-2-26-20(25)19-21-13-16-17(14-9-5-3-6-10-14)24(23-18(16)22-19)15-11-7-4-8-12-15/h4,7-9,11-13H,2-3,5-6,10H2,1H3. The molecule has 0 fully saturated rings. The second kappa shape index (κ2) is 7.07. The van der Waals surface area contributed by atoms with Crippen LogP contribution in [0.5, 0.6) is 0 Å². The Kier molecular flexibility index (Phi) is 4.48. The van der Waals surface area contributed by atoms with Crippen LogP contribution >= 0.6 is 0 Å². The molecular formula is C20H20N4O2. The molecule has 2 heterocycles. The van der Waals surface area contributed by atoms with Gasteiger partial charge in [-0.1, -0.05) is 24.3 Å². The van der Waals surface area contributed by atoms with Crippen LogP contribution in [0.15, 0.2) is 42.6 Å². The number of hydrogen-bond donors (Lipinski definition) is 0. The van der Waals surface area contributed by atoms with E-state index in [1.165, 1.54) is 12.0 Å². The van der Waals surface area contributed by atoms with Crippen LogP contribution in [0.3, 0.4) is 0 Å². The van der Waals surface area contributed by atoms with Crippen molar-refractivity contribution in [1.29, 1.82) is 0 Å². The number of carbonyl (C=O) groups excluding carboxylic acids is 1. The predicted octanol–water partition coefficient (Wildman–Crippen LogP) is 3.95. The Labute approximate surface area is 151 Å². The van der Waals surface area contributed by atoms with E-state index in [4.69, 9.17) is 4.74 Å². The van der Waals surface area contributed by atoms with E-state index in [1.54, 1.807) is 13.1 Å². The van der Waals surface area contributed by atoms with E-state index in [2.05, 4.69) is 21.1 Å². The van der Waals surface area contributed by atoms with Crippen molar-refractivity contribution in [2.45, 2.75) is 32.6 Å². The van der Waals surface area contributed by atoms with E-state index in [0.717, 1.165) is 36.0 Å². The first-order valence-corrected chi connectivity index (χ1v) is 8.95. The summed E-state index contributed by atoms with van der Waals surface area (Å²) < 4.78 is 6.91. The summed E-state index contributed by atoms with van der Waals surface area (Å²) in [5.41, 5.74) is 3.74. The highest BCUT2D eigenvalue weighted by Crippen LogP contribution is 2.32. The van der Waals surface area contributed by atoms with Crippen molar-refractivity contribution in [3.05, 3.63) is 54.1 Å². The number of benzene rings is 1. The molecule has 2 aromatic heterocycles. The number of esters is 1. The molecule has 4 rings (SSSR count). The average molecular weight is 348 g/mol. The second-order valence-corrected chi connectivity index (χ2v) is 6.22. The lowest BCUT2D eigenvalue weighted by atomic mass is 9.96. The lowest BCUT2D eigenvalue weighted by Gasteiger charge is -2.15. The highest BCUT2D eigenvalue weighted by Gasteiger charge is 2.21. The molecule has 0 spiro atoms. The van der Waals surface area contributed by atoms with E-state index in [-0.39, 0.29) is 12.4 Å². The SMILES string of the molecule is CCOC(=O)c1ncc2c(C3=CCCCC3)n(-c3ccccc3)nc2n1. The fourth-order valence-electron chi connectivity index (χ4n) is 3.29. The van der Waals surface area contributed by atoms with Gasteiger partial charge in [0.05, 0.1) is 23.4 Å². The molecule has 1 aliphatic rings. The number of allylic oxidation sites excluding steroid dienone is 2. The van der Waals surface area contributed by atoms with Crippen molar-refractivity contribution in [2.75, 3.05) is 6.61 Å². The highest BCUT2D eigenvalue weighted by molar-refractivity contribution is 5.92. The zero-order valence-corrected chi connectivity index (χ0v) is 14.7. The minimum Gasteiger partial charge on any atom is -0.460 e. The number of nitrogens with zero attached hydrogens (tertiary/aromatic N) is 4. The molecule has 26 heavy (non-hydrogen) atoms. The van der Waals surface area contributed by atoms with Gasteiger partial charge >= 0.3 is 5.97 Å². The molecule has 132 valence electrons. The normalized spacial score (nSPS) is 14.3. The van der Waals surface area contributed by atoms with Gasteiger partial charge in [0.15, 0.2) is 5.65 Å². The summed E-state index contributed by atoms with van der Waals surface area (Å²) in [7, 11) is 0. The quantitative estimate of drug-likeness (QED) is 0.668. The zero-order valence-electron chi connectivity index (χ0n) is 14.7. The van der Waals surface area contributed by atoms with Gasteiger partial charge in [-0.05, 0) is 50.3 Å². The summed E-state index contributed by atoms with van der Waals surface area (Å²) in [4.78, 5) is 20.5. The molecular weight excluding hydrogens is 328 g/mol. The van der Waals surface area contributed by atoms with Gasteiger partial charge in [-0.25, -0.2) is 19.4 Å². The molecule has 0 saturated carbocycles. The number of fused-ring (bicyclic) bond motifs is 1. The van der Waals surface area contributed by atoms with Gasteiger partial charge < -0.3 is 4.74 Å². The Hall–Kier alpha value is -3.02. The topological polar surface area (TPSA) is 69.9 Å². The largest absolute Gasteiger partial charge is 0.460 e. The van der Waals surface area contributed by atoms with Crippen LogP contribution in [0.25, 0.3) is 22.3 Å². The Morgan fingerprint density at radius 2 is 2.08 bits per heavy atom. The maximum atomic E-state index is 12.0. The van der Waals surface area contributed by atoms with Gasteiger partial charge in [-0.15, -0.1) is 5.10 Å². The lowest BCUT2D eigenvalue weighted by molar-refractivity contribution is 0.0512. The predicted molar refractivity (Wildman–Crippen MR) is 99.1 cm³/mol. The fourth-order valence-corrected chi connectivity index (χ4v) is 3.29. The zero-order chi connectivity index (χ0) is 17.9. The number of carbonyl (C=O) groups is 1. The summed E-state index contributed by atoms with van der Waals surface area (Å²) >= 11 is 0.